The third-order valence-corrected chi connectivity index (χ3v) is 10.6. The minimum absolute atomic E-state index is 0.169. The average Bonchev–Trinajstić information content (AvgIpc) is 2.73. The molecule has 0 aliphatic rings. The van der Waals surface area contributed by atoms with Crippen molar-refractivity contribution in [2.75, 3.05) is 6.16 Å². The second-order valence-electron chi connectivity index (χ2n) is 9.50. The number of carboxylic acid groups (broad SMARTS) is 1. The molecule has 0 fully saturated rings. The molecule has 3 heteroatoms. The Morgan fingerprint density at radius 2 is 1.03 bits per heavy atom. The van der Waals surface area contributed by atoms with Gasteiger partial charge in [0.25, 0.3) is 0 Å². The molecular weight excluding hydrogens is 387 g/mol. The van der Waals surface area contributed by atoms with Crippen LogP contribution < -0.4 is 15.9 Å². The molecule has 0 spiro atoms. The summed E-state index contributed by atoms with van der Waals surface area (Å²) in [5, 5.41) is 13.8. The molecule has 0 bridgehead atoms. The molecule has 3 rings (SSSR count). The molecule has 0 aliphatic carbocycles. The Hall–Kier alpha value is -2.44. The Kier molecular flexibility index (Phi) is 6.48. The number of benzene rings is 3. The van der Waals surface area contributed by atoms with Gasteiger partial charge in [-0.2, -0.15) is 0 Å². The Labute approximate surface area is 181 Å². The van der Waals surface area contributed by atoms with Crippen LogP contribution >= 0.6 is 7.26 Å². The van der Waals surface area contributed by atoms with Crippen LogP contribution in [0.25, 0.3) is 0 Å². The maximum atomic E-state index is 11.9. The zero-order chi connectivity index (χ0) is 21.8. The van der Waals surface area contributed by atoms with Crippen LogP contribution in [0, 0.1) is 10.8 Å². The largest absolute Gasteiger partial charge is 0.481 e. The van der Waals surface area contributed by atoms with Crippen molar-refractivity contribution in [3.63, 3.8) is 0 Å². The molecule has 3 aromatic carbocycles. The van der Waals surface area contributed by atoms with Gasteiger partial charge in [0.05, 0.1) is 11.6 Å². The summed E-state index contributed by atoms with van der Waals surface area (Å²) in [6.07, 6.45) is 1.53. The van der Waals surface area contributed by atoms with Crippen molar-refractivity contribution in [3.05, 3.63) is 91.0 Å². The minimum Gasteiger partial charge on any atom is -0.481 e. The van der Waals surface area contributed by atoms with Crippen molar-refractivity contribution in [2.45, 2.75) is 34.1 Å². The molecule has 30 heavy (non-hydrogen) atoms. The van der Waals surface area contributed by atoms with Crippen molar-refractivity contribution in [1.29, 1.82) is 0 Å². The molecule has 0 saturated heterocycles. The van der Waals surface area contributed by atoms with E-state index in [0.29, 0.717) is 6.42 Å². The fourth-order valence-corrected chi connectivity index (χ4v) is 9.62. The Morgan fingerprint density at radius 1 is 0.700 bits per heavy atom. The van der Waals surface area contributed by atoms with E-state index in [4.69, 9.17) is 0 Å². The standard InChI is InChI=1S/C27H31O2P/c1-26(2,20-27(3,4)25(28)29)21-30(22-14-8-5-9-15-22,23-16-10-6-11-17-23)24-18-12-7-13-19-24/h5-19H,20-21H2,1-4H3/p+1. The van der Waals surface area contributed by atoms with Gasteiger partial charge in [0, 0.05) is 5.41 Å². The molecular formula is C27H32O2P+. The Bertz CT molecular complexity index is 867. The first-order valence-electron chi connectivity index (χ1n) is 10.5. The molecule has 3 aromatic rings. The number of carboxylic acids is 1. The van der Waals surface area contributed by atoms with Gasteiger partial charge in [0.15, 0.2) is 0 Å². The summed E-state index contributed by atoms with van der Waals surface area (Å²) in [4.78, 5) is 11.9. The SMILES string of the molecule is CC(C)(CC(C)(C)C(=O)O)C[P+](c1ccccc1)(c1ccccc1)c1ccccc1. The third kappa shape index (κ3) is 4.65. The van der Waals surface area contributed by atoms with Crippen molar-refractivity contribution in [1.82, 2.24) is 0 Å². The van der Waals surface area contributed by atoms with Gasteiger partial charge in [0.2, 0.25) is 0 Å². The summed E-state index contributed by atoms with van der Waals surface area (Å²) < 4.78 is 0. The van der Waals surface area contributed by atoms with E-state index in [2.05, 4.69) is 105 Å². The van der Waals surface area contributed by atoms with Crippen LogP contribution in [-0.2, 0) is 4.79 Å². The summed E-state index contributed by atoms with van der Waals surface area (Å²) in [6, 6.07) is 32.3. The lowest BCUT2D eigenvalue weighted by molar-refractivity contribution is -0.148. The third-order valence-electron chi connectivity index (χ3n) is 5.76. The van der Waals surface area contributed by atoms with Crippen LogP contribution in [0.1, 0.15) is 34.1 Å². The van der Waals surface area contributed by atoms with Crippen molar-refractivity contribution >= 4 is 29.1 Å². The molecule has 2 nitrogen and oxygen atoms in total. The molecule has 0 radical (unpaired) electrons. The van der Waals surface area contributed by atoms with Crippen LogP contribution in [-0.4, -0.2) is 17.2 Å². The van der Waals surface area contributed by atoms with E-state index in [0.717, 1.165) is 6.16 Å². The van der Waals surface area contributed by atoms with E-state index in [-0.39, 0.29) is 5.41 Å². The van der Waals surface area contributed by atoms with Gasteiger partial charge in [-0.1, -0.05) is 68.4 Å². The molecule has 1 N–H and O–H groups in total. The zero-order valence-electron chi connectivity index (χ0n) is 18.4. The van der Waals surface area contributed by atoms with E-state index in [1.807, 2.05) is 13.8 Å². The highest BCUT2D eigenvalue weighted by molar-refractivity contribution is 7.95. The molecule has 156 valence electrons. The summed E-state index contributed by atoms with van der Waals surface area (Å²) in [6.45, 7) is 8.12. The van der Waals surface area contributed by atoms with E-state index in [1.165, 1.54) is 15.9 Å². The van der Waals surface area contributed by atoms with Crippen LogP contribution in [0.5, 0.6) is 0 Å². The van der Waals surface area contributed by atoms with Gasteiger partial charge in [0.1, 0.15) is 23.2 Å². The smallest absolute Gasteiger partial charge is 0.309 e. The summed E-state index contributed by atoms with van der Waals surface area (Å²) in [7, 11) is -1.98. The van der Waals surface area contributed by atoms with Crippen molar-refractivity contribution in [2.24, 2.45) is 10.8 Å². The predicted molar refractivity (Wildman–Crippen MR) is 130 cm³/mol. The maximum absolute atomic E-state index is 11.9. The summed E-state index contributed by atoms with van der Waals surface area (Å²) >= 11 is 0. The first kappa shape index (κ1) is 22.2. The van der Waals surface area contributed by atoms with E-state index in [9.17, 15) is 9.90 Å². The van der Waals surface area contributed by atoms with Crippen LogP contribution in [0.15, 0.2) is 91.0 Å². The first-order valence-corrected chi connectivity index (χ1v) is 12.4. The lowest BCUT2D eigenvalue weighted by atomic mass is 9.76. The number of hydrogen-bond acceptors (Lipinski definition) is 1. The molecule has 0 unspecified atom stereocenters. The summed E-state index contributed by atoms with van der Waals surface area (Å²) in [5.41, 5.74) is -0.944. The van der Waals surface area contributed by atoms with Gasteiger partial charge >= 0.3 is 5.97 Å². The fourth-order valence-electron chi connectivity index (χ4n) is 4.74. The first-order chi connectivity index (χ1) is 14.2. The second kappa shape index (κ2) is 8.74. The fraction of sp³-hybridized carbons (Fsp3) is 0.296. The summed E-state index contributed by atoms with van der Waals surface area (Å²) in [5.74, 6) is -0.737. The molecule has 0 heterocycles. The second-order valence-corrected chi connectivity index (χ2v) is 13.0. The highest BCUT2D eigenvalue weighted by Gasteiger charge is 2.50. The molecule has 0 atom stereocenters. The topological polar surface area (TPSA) is 37.3 Å². The van der Waals surface area contributed by atoms with Crippen LogP contribution in [0.3, 0.4) is 0 Å². The van der Waals surface area contributed by atoms with Gasteiger partial charge in [-0.15, -0.1) is 0 Å². The van der Waals surface area contributed by atoms with Crippen molar-refractivity contribution < 1.29 is 9.90 Å². The quantitative estimate of drug-likeness (QED) is 0.489. The molecule has 0 aromatic heterocycles. The van der Waals surface area contributed by atoms with Crippen molar-refractivity contribution in [3.8, 4) is 0 Å². The van der Waals surface area contributed by atoms with Gasteiger partial charge in [-0.05, 0) is 56.7 Å². The normalized spacial score (nSPS) is 12.5. The van der Waals surface area contributed by atoms with E-state index < -0.39 is 18.6 Å². The zero-order valence-corrected chi connectivity index (χ0v) is 19.3. The maximum Gasteiger partial charge on any atom is 0.309 e. The number of aliphatic carboxylic acids is 1. The predicted octanol–water partition coefficient (Wildman–Crippen LogP) is 5.51. The lowest BCUT2D eigenvalue weighted by Crippen LogP contribution is -2.40. The van der Waals surface area contributed by atoms with Crippen LogP contribution in [0.4, 0.5) is 0 Å². The highest BCUT2D eigenvalue weighted by Crippen LogP contribution is 2.60. The molecule has 0 aliphatic heterocycles. The number of carbonyl (C=O) groups is 1. The van der Waals surface area contributed by atoms with Gasteiger partial charge < -0.3 is 5.11 Å². The van der Waals surface area contributed by atoms with Gasteiger partial charge in [-0.25, -0.2) is 0 Å². The lowest BCUT2D eigenvalue weighted by Gasteiger charge is -2.37. The molecule has 0 amide bonds. The van der Waals surface area contributed by atoms with E-state index >= 15 is 0 Å². The Balaban J connectivity index is 2.23. The van der Waals surface area contributed by atoms with Crippen LogP contribution in [0.2, 0.25) is 0 Å². The average molecular weight is 420 g/mol. The number of rotatable bonds is 8. The number of hydrogen-bond donors (Lipinski definition) is 1. The highest BCUT2D eigenvalue weighted by atomic mass is 31.2. The Morgan fingerprint density at radius 3 is 1.33 bits per heavy atom. The minimum atomic E-state index is -1.98. The monoisotopic (exact) mass is 419 g/mol. The van der Waals surface area contributed by atoms with Gasteiger partial charge in [-0.3, -0.25) is 4.79 Å². The molecule has 0 saturated carbocycles. The van der Waals surface area contributed by atoms with E-state index in [1.54, 1.807) is 0 Å².